The van der Waals surface area contributed by atoms with Gasteiger partial charge in [-0.25, -0.2) is 4.98 Å². The predicted molar refractivity (Wildman–Crippen MR) is 73.3 cm³/mol. The first-order valence-electron chi connectivity index (χ1n) is 6.42. The SMILES string of the molecule is CCOc1cc(CNCCc2cnc[nH]2)ccc1O. The van der Waals surface area contributed by atoms with Gasteiger partial charge in [0.25, 0.3) is 0 Å². The van der Waals surface area contributed by atoms with Gasteiger partial charge in [0.1, 0.15) is 0 Å². The van der Waals surface area contributed by atoms with Crippen LogP contribution in [-0.2, 0) is 13.0 Å². The number of ether oxygens (including phenoxy) is 1. The third-order valence-corrected chi connectivity index (χ3v) is 2.78. The van der Waals surface area contributed by atoms with Crippen molar-refractivity contribution in [3.05, 3.63) is 42.0 Å². The summed E-state index contributed by atoms with van der Waals surface area (Å²) in [6.07, 6.45) is 4.43. The largest absolute Gasteiger partial charge is 0.504 e. The summed E-state index contributed by atoms with van der Waals surface area (Å²) in [6, 6.07) is 5.42. The molecular weight excluding hydrogens is 242 g/mol. The Hall–Kier alpha value is -2.01. The molecular formula is C14H19N3O2. The highest BCUT2D eigenvalue weighted by Gasteiger charge is 2.03. The number of phenolic OH excluding ortho intramolecular Hbond substituents is 1. The quantitative estimate of drug-likeness (QED) is 0.665. The summed E-state index contributed by atoms with van der Waals surface area (Å²) in [6.45, 7) is 4.06. The normalized spacial score (nSPS) is 10.6. The molecule has 0 radical (unpaired) electrons. The van der Waals surface area contributed by atoms with E-state index < -0.39 is 0 Å². The molecule has 0 fully saturated rings. The Morgan fingerprint density at radius 3 is 3.05 bits per heavy atom. The number of aromatic nitrogens is 2. The van der Waals surface area contributed by atoms with Crippen molar-refractivity contribution in [1.29, 1.82) is 0 Å². The lowest BCUT2D eigenvalue weighted by Gasteiger charge is -2.09. The minimum absolute atomic E-state index is 0.183. The van der Waals surface area contributed by atoms with Gasteiger partial charge in [0.15, 0.2) is 11.5 Å². The van der Waals surface area contributed by atoms with Crippen LogP contribution < -0.4 is 10.1 Å². The van der Waals surface area contributed by atoms with Gasteiger partial charge in [0, 0.05) is 31.4 Å². The molecule has 102 valence electrons. The molecule has 0 atom stereocenters. The van der Waals surface area contributed by atoms with Gasteiger partial charge < -0.3 is 20.1 Å². The number of H-pyrrole nitrogens is 1. The van der Waals surface area contributed by atoms with E-state index in [-0.39, 0.29) is 5.75 Å². The second-order valence-electron chi connectivity index (χ2n) is 4.24. The van der Waals surface area contributed by atoms with Crippen LogP contribution >= 0.6 is 0 Å². The molecule has 2 rings (SSSR count). The molecule has 0 bridgehead atoms. The van der Waals surface area contributed by atoms with Crippen LogP contribution in [0, 0.1) is 0 Å². The van der Waals surface area contributed by atoms with Gasteiger partial charge >= 0.3 is 0 Å². The minimum atomic E-state index is 0.183. The monoisotopic (exact) mass is 261 g/mol. The molecule has 0 saturated carbocycles. The smallest absolute Gasteiger partial charge is 0.161 e. The van der Waals surface area contributed by atoms with Gasteiger partial charge in [0.05, 0.1) is 12.9 Å². The molecule has 1 aromatic carbocycles. The number of nitrogens with one attached hydrogen (secondary N) is 2. The zero-order chi connectivity index (χ0) is 13.5. The fourth-order valence-electron chi connectivity index (χ4n) is 1.82. The second-order valence-corrected chi connectivity index (χ2v) is 4.24. The summed E-state index contributed by atoms with van der Waals surface area (Å²) in [4.78, 5) is 7.04. The van der Waals surface area contributed by atoms with Crippen LogP contribution in [0.1, 0.15) is 18.2 Å². The van der Waals surface area contributed by atoms with Gasteiger partial charge in [-0.3, -0.25) is 0 Å². The molecule has 1 aromatic heterocycles. The van der Waals surface area contributed by atoms with Crippen LogP contribution in [0.3, 0.4) is 0 Å². The first-order chi connectivity index (χ1) is 9.29. The minimum Gasteiger partial charge on any atom is -0.504 e. The summed E-state index contributed by atoms with van der Waals surface area (Å²) in [7, 11) is 0. The first-order valence-corrected chi connectivity index (χ1v) is 6.42. The molecule has 2 aromatic rings. The van der Waals surface area contributed by atoms with E-state index in [0.717, 1.165) is 30.8 Å². The first kappa shape index (κ1) is 13.4. The Bertz CT molecular complexity index is 497. The lowest BCUT2D eigenvalue weighted by Crippen LogP contribution is -2.16. The van der Waals surface area contributed by atoms with Crippen LogP contribution in [0.25, 0.3) is 0 Å². The van der Waals surface area contributed by atoms with Gasteiger partial charge in [-0.05, 0) is 24.6 Å². The molecule has 0 amide bonds. The number of hydrogen-bond donors (Lipinski definition) is 3. The molecule has 0 saturated heterocycles. The molecule has 0 spiro atoms. The average Bonchev–Trinajstić information content (AvgIpc) is 2.92. The number of imidazole rings is 1. The van der Waals surface area contributed by atoms with Gasteiger partial charge in [0.2, 0.25) is 0 Å². The Balaban J connectivity index is 1.80. The van der Waals surface area contributed by atoms with E-state index >= 15 is 0 Å². The van der Waals surface area contributed by atoms with Crippen LogP contribution in [0.4, 0.5) is 0 Å². The fourth-order valence-corrected chi connectivity index (χ4v) is 1.82. The second kappa shape index (κ2) is 6.80. The number of nitrogens with zero attached hydrogens (tertiary/aromatic N) is 1. The van der Waals surface area contributed by atoms with E-state index in [2.05, 4.69) is 15.3 Å². The molecule has 0 aliphatic carbocycles. The van der Waals surface area contributed by atoms with Crippen LogP contribution in [0.2, 0.25) is 0 Å². The molecule has 0 aliphatic rings. The van der Waals surface area contributed by atoms with Gasteiger partial charge in [-0.1, -0.05) is 6.07 Å². The maximum absolute atomic E-state index is 9.61. The van der Waals surface area contributed by atoms with E-state index in [1.54, 1.807) is 12.4 Å². The maximum Gasteiger partial charge on any atom is 0.161 e. The fraction of sp³-hybridized carbons (Fsp3) is 0.357. The van der Waals surface area contributed by atoms with Crippen molar-refractivity contribution in [3.63, 3.8) is 0 Å². The standard InChI is InChI=1S/C14H19N3O2/c1-2-19-14-7-11(3-4-13(14)18)8-15-6-5-12-9-16-10-17-12/h3-4,7,9-10,15,18H,2,5-6,8H2,1H3,(H,16,17). The molecule has 3 N–H and O–H groups in total. The van der Waals surface area contributed by atoms with Crippen LogP contribution in [0.15, 0.2) is 30.7 Å². The molecule has 5 nitrogen and oxygen atoms in total. The topological polar surface area (TPSA) is 70.2 Å². The highest BCUT2D eigenvalue weighted by atomic mass is 16.5. The van der Waals surface area contributed by atoms with E-state index in [1.807, 2.05) is 25.3 Å². The lowest BCUT2D eigenvalue weighted by atomic mass is 10.2. The van der Waals surface area contributed by atoms with Crippen molar-refractivity contribution >= 4 is 0 Å². The molecule has 0 aliphatic heterocycles. The molecule has 0 unspecified atom stereocenters. The molecule has 19 heavy (non-hydrogen) atoms. The summed E-state index contributed by atoms with van der Waals surface area (Å²) in [5.41, 5.74) is 2.21. The number of benzene rings is 1. The number of aromatic amines is 1. The molecule has 1 heterocycles. The Morgan fingerprint density at radius 1 is 1.42 bits per heavy atom. The zero-order valence-electron chi connectivity index (χ0n) is 11.0. The number of rotatable bonds is 7. The summed E-state index contributed by atoms with van der Waals surface area (Å²) < 4.78 is 5.35. The number of hydrogen-bond acceptors (Lipinski definition) is 4. The van der Waals surface area contributed by atoms with Crippen LogP contribution in [0.5, 0.6) is 11.5 Å². The number of aromatic hydroxyl groups is 1. The van der Waals surface area contributed by atoms with E-state index in [1.165, 1.54) is 0 Å². The van der Waals surface area contributed by atoms with Crippen molar-refractivity contribution in [3.8, 4) is 11.5 Å². The zero-order valence-corrected chi connectivity index (χ0v) is 11.0. The van der Waals surface area contributed by atoms with Crippen molar-refractivity contribution in [2.45, 2.75) is 19.9 Å². The van der Waals surface area contributed by atoms with Crippen molar-refractivity contribution in [2.24, 2.45) is 0 Å². The number of phenols is 1. The molecule has 5 heteroatoms. The van der Waals surface area contributed by atoms with E-state index in [9.17, 15) is 5.11 Å². The average molecular weight is 261 g/mol. The summed E-state index contributed by atoms with van der Waals surface area (Å²) in [5, 5.41) is 12.9. The van der Waals surface area contributed by atoms with Gasteiger partial charge in [-0.15, -0.1) is 0 Å². The van der Waals surface area contributed by atoms with Crippen molar-refractivity contribution in [1.82, 2.24) is 15.3 Å². The van der Waals surface area contributed by atoms with Gasteiger partial charge in [-0.2, -0.15) is 0 Å². The van der Waals surface area contributed by atoms with Crippen molar-refractivity contribution in [2.75, 3.05) is 13.2 Å². The van der Waals surface area contributed by atoms with E-state index in [4.69, 9.17) is 4.74 Å². The Kier molecular flexibility index (Phi) is 4.80. The van der Waals surface area contributed by atoms with E-state index in [0.29, 0.717) is 12.4 Å². The highest BCUT2D eigenvalue weighted by molar-refractivity contribution is 5.41. The third kappa shape index (κ3) is 3.99. The summed E-state index contributed by atoms with van der Waals surface area (Å²) in [5.74, 6) is 0.721. The van der Waals surface area contributed by atoms with Crippen LogP contribution in [-0.4, -0.2) is 28.2 Å². The Labute approximate surface area is 112 Å². The third-order valence-electron chi connectivity index (χ3n) is 2.78. The Morgan fingerprint density at radius 2 is 2.32 bits per heavy atom. The summed E-state index contributed by atoms with van der Waals surface area (Å²) >= 11 is 0. The highest BCUT2D eigenvalue weighted by Crippen LogP contribution is 2.26. The van der Waals surface area contributed by atoms with Crippen molar-refractivity contribution < 1.29 is 9.84 Å². The predicted octanol–water partition coefficient (Wildman–Crippen LogP) is 1.85. The maximum atomic E-state index is 9.61. The lowest BCUT2D eigenvalue weighted by molar-refractivity contribution is 0.317.